The first kappa shape index (κ1) is 16.3. The highest BCUT2D eigenvalue weighted by Gasteiger charge is 2.31. The van der Waals surface area contributed by atoms with Crippen molar-refractivity contribution in [2.75, 3.05) is 18.5 Å². The predicted octanol–water partition coefficient (Wildman–Crippen LogP) is 1.46. The molecule has 0 aromatic carbocycles. The monoisotopic (exact) mass is 350 g/mol. The van der Waals surface area contributed by atoms with E-state index in [-0.39, 0.29) is 17.6 Å². The second-order valence-corrected chi connectivity index (χ2v) is 6.09. The Labute approximate surface area is 149 Å². The Balaban J connectivity index is 1.64. The molecule has 0 saturated carbocycles. The van der Waals surface area contributed by atoms with Gasteiger partial charge in [0.05, 0.1) is 24.9 Å². The lowest BCUT2D eigenvalue weighted by Gasteiger charge is -2.21. The summed E-state index contributed by atoms with van der Waals surface area (Å²) < 4.78 is 7.10. The Morgan fingerprint density at radius 3 is 2.92 bits per heavy atom. The van der Waals surface area contributed by atoms with Gasteiger partial charge in [0.1, 0.15) is 17.7 Å². The molecule has 3 aromatic rings. The third-order valence-electron chi connectivity index (χ3n) is 4.26. The molecule has 1 aliphatic heterocycles. The lowest BCUT2D eigenvalue weighted by atomic mass is 10.1. The Hall–Kier alpha value is -3.13. The molecule has 2 unspecified atom stereocenters. The first-order valence-electron chi connectivity index (χ1n) is 8.35. The van der Waals surface area contributed by atoms with Crippen LogP contribution in [0.1, 0.15) is 11.9 Å². The van der Waals surface area contributed by atoms with Crippen molar-refractivity contribution in [3.05, 3.63) is 65.1 Å². The molecule has 4 heterocycles. The van der Waals surface area contributed by atoms with Gasteiger partial charge < -0.3 is 10.1 Å². The quantitative estimate of drug-likeness (QED) is 0.761. The molecule has 26 heavy (non-hydrogen) atoms. The van der Waals surface area contributed by atoms with Crippen molar-refractivity contribution in [1.29, 1.82) is 0 Å². The fourth-order valence-corrected chi connectivity index (χ4v) is 2.98. The molecule has 0 bridgehead atoms. The van der Waals surface area contributed by atoms with Gasteiger partial charge in [0.25, 0.3) is 5.56 Å². The number of nitrogens with one attached hydrogen (secondary N) is 1. The third-order valence-corrected chi connectivity index (χ3v) is 4.26. The van der Waals surface area contributed by atoms with Crippen LogP contribution in [0.25, 0.3) is 11.3 Å². The SMILES string of the molecule is Cc1nccc(NC2COCC2n2nc(-c3cccnc3)ccc2=O)n1. The van der Waals surface area contributed by atoms with Gasteiger partial charge in [-0.1, -0.05) is 0 Å². The fourth-order valence-electron chi connectivity index (χ4n) is 2.98. The molecule has 0 spiro atoms. The number of hydrogen-bond acceptors (Lipinski definition) is 7. The molecular formula is C18H18N6O2. The van der Waals surface area contributed by atoms with Crippen molar-refractivity contribution in [2.45, 2.75) is 19.0 Å². The topological polar surface area (TPSA) is 94.8 Å². The molecule has 0 aliphatic carbocycles. The lowest BCUT2D eigenvalue weighted by Crippen LogP contribution is -2.37. The zero-order valence-electron chi connectivity index (χ0n) is 14.2. The van der Waals surface area contributed by atoms with Gasteiger partial charge in [0, 0.05) is 30.2 Å². The summed E-state index contributed by atoms with van der Waals surface area (Å²) >= 11 is 0. The van der Waals surface area contributed by atoms with Crippen molar-refractivity contribution in [2.24, 2.45) is 0 Å². The largest absolute Gasteiger partial charge is 0.377 e. The van der Waals surface area contributed by atoms with E-state index in [4.69, 9.17) is 4.74 Å². The van der Waals surface area contributed by atoms with Crippen molar-refractivity contribution in [1.82, 2.24) is 24.7 Å². The Morgan fingerprint density at radius 1 is 1.19 bits per heavy atom. The molecule has 3 aromatic heterocycles. The molecule has 2 atom stereocenters. The second-order valence-electron chi connectivity index (χ2n) is 6.09. The highest BCUT2D eigenvalue weighted by Crippen LogP contribution is 2.22. The molecule has 1 fully saturated rings. The van der Waals surface area contributed by atoms with Crippen LogP contribution in [0.2, 0.25) is 0 Å². The number of nitrogens with zero attached hydrogens (tertiary/aromatic N) is 5. The van der Waals surface area contributed by atoms with Crippen molar-refractivity contribution >= 4 is 5.82 Å². The number of aromatic nitrogens is 5. The molecule has 0 radical (unpaired) electrons. The van der Waals surface area contributed by atoms with Gasteiger partial charge in [0.15, 0.2) is 0 Å². The fraction of sp³-hybridized carbons (Fsp3) is 0.278. The summed E-state index contributed by atoms with van der Waals surface area (Å²) in [6.07, 6.45) is 5.12. The van der Waals surface area contributed by atoms with Gasteiger partial charge >= 0.3 is 0 Å². The van der Waals surface area contributed by atoms with Crippen LogP contribution in [0.5, 0.6) is 0 Å². The van der Waals surface area contributed by atoms with E-state index in [1.807, 2.05) is 19.1 Å². The molecule has 1 aliphatic rings. The smallest absolute Gasteiger partial charge is 0.267 e. The summed E-state index contributed by atoms with van der Waals surface area (Å²) in [6, 6.07) is 8.45. The number of hydrogen-bond donors (Lipinski definition) is 1. The van der Waals surface area contributed by atoms with Crippen LogP contribution >= 0.6 is 0 Å². The van der Waals surface area contributed by atoms with E-state index in [1.54, 1.807) is 30.7 Å². The summed E-state index contributed by atoms with van der Waals surface area (Å²) in [4.78, 5) is 25.0. The lowest BCUT2D eigenvalue weighted by molar-refractivity contribution is 0.183. The highest BCUT2D eigenvalue weighted by atomic mass is 16.5. The molecule has 4 rings (SSSR count). The first-order valence-corrected chi connectivity index (χ1v) is 8.35. The van der Waals surface area contributed by atoms with Gasteiger partial charge in [-0.3, -0.25) is 9.78 Å². The summed E-state index contributed by atoms with van der Waals surface area (Å²) in [5.41, 5.74) is 1.39. The van der Waals surface area contributed by atoms with E-state index in [0.29, 0.717) is 30.5 Å². The van der Waals surface area contributed by atoms with Gasteiger partial charge in [0.2, 0.25) is 0 Å². The number of anilines is 1. The number of pyridine rings is 1. The first-order chi connectivity index (χ1) is 12.7. The summed E-state index contributed by atoms with van der Waals surface area (Å²) in [5, 5.41) is 7.87. The number of aryl methyl sites for hydroxylation is 1. The van der Waals surface area contributed by atoms with Gasteiger partial charge in [-0.15, -0.1) is 0 Å². The molecular weight excluding hydrogens is 332 g/mol. The summed E-state index contributed by atoms with van der Waals surface area (Å²) in [5.74, 6) is 1.38. The molecule has 1 saturated heterocycles. The second kappa shape index (κ2) is 7.01. The molecule has 8 nitrogen and oxygen atoms in total. The Morgan fingerprint density at radius 2 is 2.12 bits per heavy atom. The summed E-state index contributed by atoms with van der Waals surface area (Å²) in [6.45, 7) is 2.71. The third kappa shape index (κ3) is 3.31. The summed E-state index contributed by atoms with van der Waals surface area (Å²) in [7, 11) is 0. The zero-order chi connectivity index (χ0) is 17.9. The minimum atomic E-state index is -0.227. The standard InChI is InChI=1S/C18H18N6O2/c1-12-20-8-6-17(21-12)22-15-10-26-11-16(15)24-18(25)5-4-14(23-24)13-3-2-7-19-9-13/h2-9,15-16H,10-11H2,1H3,(H,20,21,22). The van der Waals surface area contributed by atoms with Crippen LogP contribution in [-0.2, 0) is 4.74 Å². The maximum absolute atomic E-state index is 12.4. The van der Waals surface area contributed by atoms with Crippen LogP contribution in [0.15, 0.2) is 53.7 Å². The van der Waals surface area contributed by atoms with E-state index in [0.717, 1.165) is 5.56 Å². The molecule has 1 N–H and O–H groups in total. The average molecular weight is 350 g/mol. The zero-order valence-corrected chi connectivity index (χ0v) is 14.2. The number of rotatable bonds is 4. The van der Waals surface area contributed by atoms with E-state index >= 15 is 0 Å². The van der Waals surface area contributed by atoms with E-state index in [2.05, 4.69) is 25.4 Å². The van der Waals surface area contributed by atoms with E-state index in [1.165, 1.54) is 10.7 Å². The van der Waals surface area contributed by atoms with Crippen LogP contribution in [-0.4, -0.2) is 44.0 Å². The van der Waals surface area contributed by atoms with Crippen molar-refractivity contribution in [3.8, 4) is 11.3 Å². The minimum Gasteiger partial charge on any atom is -0.377 e. The van der Waals surface area contributed by atoms with E-state index < -0.39 is 0 Å². The highest BCUT2D eigenvalue weighted by molar-refractivity contribution is 5.56. The van der Waals surface area contributed by atoms with Gasteiger partial charge in [-0.2, -0.15) is 5.10 Å². The minimum absolute atomic E-state index is 0.112. The maximum atomic E-state index is 12.4. The normalized spacial score (nSPS) is 19.4. The molecule has 0 amide bonds. The van der Waals surface area contributed by atoms with Crippen molar-refractivity contribution in [3.63, 3.8) is 0 Å². The van der Waals surface area contributed by atoms with Gasteiger partial charge in [-0.05, 0) is 31.2 Å². The maximum Gasteiger partial charge on any atom is 0.267 e. The Bertz CT molecular complexity index is 959. The van der Waals surface area contributed by atoms with Crippen LogP contribution in [0.3, 0.4) is 0 Å². The number of ether oxygens (including phenoxy) is 1. The van der Waals surface area contributed by atoms with Gasteiger partial charge in [-0.25, -0.2) is 14.6 Å². The average Bonchev–Trinajstić information content (AvgIpc) is 3.11. The molecule has 132 valence electrons. The van der Waals surface area contributed by atoms with Crippen molar-refractivity contribution < 1.29 is 4.74 Å². The van der Waals surface area contributed by atoms with Crippen LogP contribution in [0.4, 0.5) is 5.82 Å². The predicted molar refractivity (Wildman–Crippen MR) is 95.8 cm³/mol. The van der Waals surface area contributed by atoms with Crippen LogP contribution < -0.4 is 10.9 Å². The van der Waals surface area contributed by atoms with Crippen LogP contribution in [0, 0.1) is 6.92 Å². The molecule has 8 heteroatoms. The Kier molecular flexibility index (Phi) is 4.40. The van der Waals surface area contributed by atoms with E-state index in [9.17, 15) is 4.79 Å².